The Bertz CT molecular complexity index is 754. The van der Waals surface area contributed by atoms with Gasteiger partial charge in [0.2, 0.25) is 0 Å². The van der Waals surface area contributed by atoms with E-state index < -0.39 is 0 Å². The highest BCUT2D eigenvalue weighted by Crippen LogP contribution is 2.54. The Kier molecular flexibility index (Phi) is 3.87. The number of rotatable bonds is 4. The molecule has 4 rings (SSSR count). The molecule has 2 fully saturated rings. The van der Waals surface area contributed by atoms with Crippen LogP contribution in [0.1, 0.15) is 37.7 Å². The topological polar surface area (TPSA) is 63.3 Å². The van der Waals surface area contributed by atoms with Crippen molar-refractivity contribution in [2.45, 2.75) is 38.1 Å². The number of amides is 1. The van der Waals surface area contributed by atoms with Gasteiger partial charge in [-0.05, 0) is 61.8 Å². The fourth-order valence-corrected chi connectivity index (χ4v) is 4.78. The molecule has 0 spiro atoms. The van der Waals surface area contributed by atoms with Gasteiger partial charge in [-0.25, -0.2) is 4.79 Å². The van der Waals surface area contributed by atoms with E-state index >= 15 is 0 Å². The minimum Gasteiger partial charge on any atom is -0.497 e. The number of hydrogen-bond donors (Lipinski definition) is 2. The van der Waals surface area contributed by atoms with Crippen LogP contribution in [0.3, 0.4) is 0 Å². The van der Waals surface area contributed by atoms with E-state index in [1.807, 2.05) is 13.0 Å². The zero-order valence-electron chi connectivity index (χ0n) is 14.2. The van der Waals surface area contributed by atoms with Crippen molar-refractivity contribution in [2.75, 3.05) is 13.7 Å². The molecule has 0 saturated heterocycles. The number of aromatic nitrogens is 1. The third-order valence-corrected chi connectivity index (χ3v) is 5.76. The molecule has 24 heavy (non-hydrogen) atoms. The summed E-state index contributed by atoms with van der Waals surface area (Å²) < 4.78 is 10.5. The minimum atomic E-state index is -0.294. The number of carbonyl (C=O) groups is 1. The SMILES string of the molecule is CCOC(=O)N[C@@H]1[C@@H]2CC[C@@H](C2)[C@H]1c1c[nH]c2ccc(OC)cc12. The fourth-order valence-electron chi connectivity index (χ4n) is 4.78. The van der Waals surface area contributed by atoms with E-state index in [0.29, 0.717) is 24.4 Å². The second kappa shape index (κ2) is 6.04. The highest BCUT2D eigenvalue weighted by atomic mass is 16.5. The van der Waals surface area contributed by atoms with E-state index in [9.17, 15) is 4.79 Å². The van der Waals surface area contributed by atoms with Crippen molar-refractivity contribution >= 4 is 17.0 Å². The molecule has 128 valence electrons. The zero-order valence-corrected chi connectivity index (χ0v) is 14.2. The molecule has 2 saturated carbocycles. The van der Waals surface area contributed by atoms with Crippen LogP contribution >= 0.6 is 0 Å². The van der Waals surface area contributed by atoms with Crippen LogP contribution in [0.4, 0.5) is 4.79 Å². The predicted molar refractivity (Wildman–Crippen MR) is 92.4 cm³/mol. The van der Waals surface area contributed by atoms with Crippen LogP contribution in [0, 0.1) is 11.8 Å². The van der Waals surface area contributed by atoms with Gasteiger partial charge in [-0.2, -0.15) is 0 Å². The normalized spacial score (nSPS) is 28.2. The molecule has 5 nitrogen and oxygen atoms in total. The van der Waals surface area contributed by atoms with E-state index in [1.54, 1.807) is 7.11 Å². The Labute approximate surface area is 141 Å². The van der Waals surface area contributed by atoms with E-state index in [4.69, 9.17) is 9.47 Å². The summed E-state index contributed by atoms with van der Waals surface area (Å²) in [6, 6.07) is 6.28. The number of alkyl carbamates (subject to hydrolysis) is 1. The lowest BCUT2D eigenvalue weighted by atomic mass is 9.79. The maximum absolute atomic E-state index is 12.0. The van der Waals surface area contributed by atoms with Crippen LogP contribution in [-0.4, -0.2) is 30.8 Å². The van der Waals surface area contributed by atoms with Gasteiger partial charge in [0, 0.05) is 29.1 Å². The third-order valence-electron chi connectivity index (χ3n) is 5.76. The summed E-state index contributed by atoms with van der Waals surface area (Å²) in [6.07, 6.45) is 5.45. The third kappa shape index (κ3) is 2.43. The molecule has 1 aromatic heterocycles. The van der Waals surface area contributed by atoms with Crippen LogP contribution < -0.4 is 10.1 Å². The van der Waals surface area contributed by atoms with Crippen LogP contribution in [0.15, 0.2) is 24.4 Å². The Morgan fingerprint density at radius 2 is 2.17 bits per heavy atom. The molecule has 1 aromatic carbocycles. The van der Waals surface area contributed by atoms with Crippen molar-refractivity contribution in [3.8, 4) is 5.75 Å². The van der Waals surface area contributed by atoms with Gasteiger partial charge in [0.25, 0.3) is 0 Å². The van der Waals surface area contributed by atoms with Crippen LogP contribution in [0.2, 0.25) is 0 Å². The Hall–Kier alpha value is -2.17. The summed E-state index contributed by atoms with van der Waals surface area (Å²) in [4.78, 5) is 15.4. The first-order valence-corrected chi connectivity index (χ1v) is 8.79. The van der Waals surface area contributed by atoms with Crippen LogP contribution in [0.25, 0.3) is 10.9 Å². The maximum atomic E-state index is 12.0. The maximum Gasteiger partial charge on any atom is 0.407 e. The van der Waals surface area contributed by atoms with Gasteiger partial charge < -0.3 is 19.8 Å². The number of carbonyl (C=O) groups excluding carboxylic acids is 1. The highest BCUT2D eigenvalue weighted by molar-refractivity contribution is 5.85. The van der Waals surface area contributed by atoms with E-state index in [0.717, 1.165) is 11.3 Å². The van der Waals surface area contributed by atoms with Crippen molar-refractivity contribution in [3.05, 3.63) is 30.0 Å². The average molecular weight is 328 g/mol. The fraction of sp³-hybridized carbons (Fsp3) is 0.526. The monoisotopic (exact) mass is 328 g/mol. The molecule has 2 N–H and O–H groups in total. The number of H-pyrrole nitrogens is 1. The minimum absolute atomic E-state index is 0.160. The molecule has 0 radical (unpaired) electrons. The summed E-state index contributed by atoms with van der Waals surface area (Å²) in [5.74, 6) is 2.39. The average Bonchev–Trinajstić information content (AvgIpc) is 3.28. The molecule has 5 heteroatoms. The number of aromatic amines is 1. The summed E-state index contributed by atoms with van der Waals surface area (Å²) in [7, 11) is 1.69. The Balaban J connectivity index is 1.69. The molecular formula is C19H24N2O3. The summed E-state index contributed by atoms with van der Waals surface area (Å²) >= 11 is 0. The molecule has 2 bridgehead atoms. The molecule has 2 aromatic rings. The lowest BCUT2D eigenvalue weighted by molar-refractivity contribution is 0.141. The summed E-state index contributed by atoms with van der Waals surface area (Å²) in [5, 5.41) is 4.33. The standard InChI is InChI=1S/C19H24N2O3/c1-3-24-19(22)21-18-12-5-4-11(8-12)17(18)15-10-20-16-7-6-13(23-2)9-14(15)16/h6-7,9-12,17-18,20H,3-5,8H2,1-2H3,(H,21,22)/t11-,12+,17-,18+/m0/s1. The lowest BCUT2D eigenvalue weighted by Crippen LogP contribution is -2.43. The van der Waals surface area contributed by atoms with Gasteiger partial charge in [0.15, 0.2) is 0 Å². The molecular weight excluding hydrogens is 304 g/mol. The number of methoxy groups -OCH3 is 1. The van der Waals surface area contributed by atoms with Crippen LogP contribution in [0.5, 0.6) is 5.75 Å². The second-order valence-electron chi connectivity index (χ2n) is 6.91. The van der Waals surface area contributed by atoms with Crippen LogP contribution in [-0.2, 0) is 4.74 Å². The lowest BCUT2D eigenvalue weighted by Gasteiger charge is -2.31. The second-order valence-corrected chi connectivity index (χ2v) is 6.91. The molecule has 1 heterocycles. The number of fused-ring (bicyclic) bond motifs is 3. The predicted octanol–water partition coefficient (Wildman–Crippen LogP) is 3.80. The number of ether oxygens (including phenoxy) is 2. The first-order chi connectivity index (χ1) is 11.7. The smallest absolute Gasteiger partial charge is 0.407 e. The van der Waals surface area contributed by atoms with Crippen molar-refractivity contribution < 1.29 is 14.3 Å². The molecule has 0 aliphatic heterocycles. The van der Waals surface area contributed by atoms with Gasteiger partial charge >= 0.3 is 6.09 Å². The summed E-state index contributed by atoms with van der Waals surface area (Å²) in [6.45, 7) is 2.24. The number of hydrogen-bond acceptors (Lipinski definition) is 3. The molecule has 0 unspecified atom stereocenters. The van der Waals surface area contributed by atoms with Gasteiger partial charge in [0.1, 0.15) is 5.75 Å². The molecule has 1 amide bonds. The van der Waals surface area contributed by atoms with E-state index in [2.05, 4.69) is 28.6 Å². The van der Waals surface area contributed by atoms with Gasteiger partial charge in [0.05, 0.1) is 13.7 Å². The van der Waals surface area contributed by atoms with Gasteiger partial charge in [-0.3, -0.25) is 0 Å². The van der Waals surface area contributed by atoms with Crippen molar-refractivity contribution in [3.63, 3.8) is 0 Å². The van der Waals surface area contributed by atoms with Crippen molar-refractivity contribution in [1.29, 1.82) is 0 Å². The zero-order chi connectivity index (χ0) is 16.7. The van der Waals surface area contributed by atoms with Gasteiger partial charge in [-0.1, -0.05) is 0 Å². The van der Waals surface area contributed by atoms with E-state index in [1.165, 1.54) is 30.2 Å². The Morgan fingerprint density at radius 1 is 1.33 bits per heavy atom. The molecule has 4 atom stereocenters. The summed E-state index contributed by atoms with van der Waals surface area (Å²) in [5.41, 5.74) is 2.40. The van der Waals surface area contributed by atoms with Gasteiger partial charge in [-0.15, -0.1) is 0 Å². The quantitative estimate of drug-likeness (QED) is 0.897. The molecule has 2 aliphatic carbocycles. The van der Waals surface area contributed by atoms with Crippen molar-refractivity contribution in [1.82, 2.24) is 10.3 Å². The largest absolute Gasteiger partial charge is 0.497 e. The van der Waals surface area contributed by atoms with E-state index in [-0.39, 0.29) is 12.1 Å². The molecule has 2 aliphatic rings. The Morgan fingerprint density at radius 3 is 2.96 bits per heavy atom. The first kappa shape index (κ1) is 15.4. The highest BCUT2D eigenvalue weighted by Gasteiger charge is 2.49. The first-order valence-electron chi connectivity index (χ1n) is 8.79. The van der Waals surface area contributed by atoms with Crippen molar-refractivity contribution in [2.24, 2.45) is 11.8 Å². The number of nitrogens with one attached hydrogen (secondary N) is 2. The number of benzene rings is 1.